The van der Waals surface area contributed by atoms with Gasteiger partial charge >= 0.3 is 0 Å². The SMILES string of the molecule is N#CC(C(=S)Cc1ccc(Cl)cc1)c1ccco1. The van der Waals surface area contributed by atoms with E-state index in [1.807, 2.05) is 24.3 Å². The van der Waals surface area contributed by atoms with Gasteiger partial charge in [0.25, 0.3) is 0 Å². The van der Waals surface area contributed by atoms with E-state index in [2.05, 4.69) is 6.07 Å². The van der Waals surface area contributed by atoms with Crippen molar-refractivity contribution in [1.29, 1.82) is 5.26 Å². The fourth-order valence-corrected chi connectivity index (χ4v) is 2.12. The normalized spacial score (nSPS) is 11.8. The van der Waals surface area contributed by atoms with E-state index < -0.39 is 5.92 Å². The maximum absolute atomic E-state index is 9.17. The van der Waals surface area contributed by atoms with Gasteiger partial charge in [0.05, 0.1) is 12.3 Å². The second-order valence-electron chi connectivity index (χ2n) is 3.85. The first-order valence-corrected chi connectivity index (χ1v) is 6.19. The predicted octanol–water partition coefficient (Wildman–Crippen LogP) is 4.15. The molecule has 1 unspecified atom stereocenters. The number of nitrogens with zero attached hydrogens (tertiary/aromatic N) is 1. The first kappa shape index (κ1) is 12.8. The van der Waals surface area contributed by atoms with Crippen molar-refractivity contribution < 1.29 is 4.42 Å². The Morgan fingerprint density at radius 1 is 1.33 bits per heavy atom. The summed E-state index contributed by atoms with van der Waals surface area (Å²) in [5.41, 5.74) is 1.04. The fraction of sp³-hybridized carbons (Fsp3) is 0.143. The Balaban J connectivity index is 2.12. The summed E-state index contributed by atoms with van der Waals surface area (Å²) in [4.78, 5) is 0.648. The van der Waals surface area contributed by atoms with E-state index in [1.54, 1.807) is 18.4 Å². The van der Waals surface area contributed by atoms with Gasteiger partial charge in [0.1, 0.15) is 11.7 Å². The van der Waals surface area contributed by atoms with E-state index in [1.165, 1.54) is 0 Å². The van der Waals surface area contributed by atoms with Crippen LogP contribution in [0.2, 0.25) is 5.02 Å². The summed E-state index contributed by atoms with van der Waals surface area (Å²) in [5.74, 6) is 0.113. The zero-order chi connectivity index (χ0) is 13.0. The van der Waals surface area contributed by atoms with Crippen molar-refractivity contribution in [3.8, 4) is 6.07 Å². The molecule has 0 spiro atoms. The molecule has 0 saturated carbocycles. The minimum Gasteiger partial charge on any atom is -0.468 e. The maximum Gasteiger partial charge on any atom is 0.136 e. The van der Waals surface area contributed by atoms with E-state index in [9.17, 15) is 5.26 Å². The molecule has 18 heavy (non-hydrogen) atoms. The lowest BCUT2D eigenvalue weighted by molar-refractivity contribution is 0.516. The number of furan rings is 1. The van der Waals surface area contributed by atoms with Crippen LogP contribution in [0.4, 0.5) is 0 Å². The van der Waals surface area contributed by atoms with Gasteiger partial charge in [-0.2, -0.15) is 5.26 Å². The molecule has 0 aliphatic heterocycles. The van der Waals surface area contributed by atoms with Gasteiger partial charge in [0, 0.05) is 16.3 Å². The molecule has 2 rings (SSSR count). The number of halogens is 1. The van der Waals surface area contributed by atoms with E-state index in [0.717, 1.165) is 5.56 Å². The van der Waals surface area contributed by atoms with Crippen LogP contribution in [-0.2, 0) is 6.42 Å². The Kier molecular flexibility index (Phi) is 4.14. The van der Waals surface area contributed by atoms with Gasteiger partial charge in [0.2, 0.25) is 0 Å². The highest BCUT2D eigenvalue weighted by Crippen LogP contribution is 2.20. The predicted molar refractivity (Wildman–Crippen MR) is 74.8 cm³/mol. The van der Waals surface area contributed by atoms with Crippen LogP contribution in [-0.4, -0.2) is 4.86 Å². The smallest absolute Gasteiger partial charge is 0.136 e. The first-order valence-electron chi connectivity index (χ1n) is 5.41. The van der Waals surface area contributed by atoms with Crippen LogP contribution in [0.5, 0.6) is 0 Å². The zero-order valence-electron chi connectivity index (χ0n) is 9.47. The molecular formula is C14H10ClNOS. The van der Waals surface area contributed by atoms with E-state index in [0.29, 0.717) is 22.1 Å². The Labute approximate surface area is 116 Å². The summed E-state index contributed by atoms with van der Waals surface area (Å²) in [5, 5.41) is 9.86. The van der Waals surface area contributed by atoms with Gasteiger partial charge in [-0.05, 0) is 29.8 Å². The lowest BCUT2D eigenvalue weighted by atomic mass is 9.98. The Morgan fingerprint density at radius 2 is 2.06 bits per heavy atom. The number of rotatable bonds is 4. The molecule has 90 valence electrons. The first-order chi connectivity index (χ1) is 8.70. The molecule has 0 amide bonds. The number of thiocarbonyl (C=S) groups is 1. The molecule has 1 aromatic carbocycles. The molecule has 0 aliphatic rings. The molecule has 0 bridgehead atoms. The second kappa shape index (κ2) is 5.81. The summed E-state index contributed by atoms with van der Waals surface area (Å²) in [6.07, 6.45) is 2.11. The summed E-state index contributed by atoms with van der Waals surface area (Å²) < 4.78 is 5.23. The van der Waals surface area contributed by atoms with E-state index >= 15 is 0 Å². The number of nitriles is 1. The van der Waals surface area contributed by atoms with Crippen molar-refractivity contribution >= 4 is 28.7 Å². The standard InChI is InChI=1S/C14H10ClNOS/c15-11-5-3-10(4-6-11)8-14(18)12(9-16)13-2-1-7-17-13/h1-7,12H,8H2. The van der Waals surface area contributed by atoms with Gasteiger partial charge in [0.15, 0.2) is 0 Å². The monoisotopic (exact) mass is 275 g/mol. The van der Waals surface area contributed by atoms with Gasteiger partial charge in [-0.1, -0.05) is 36.0 Å². The molecule has 0 radical (unpaired) electrons. The Bertz CT molecular complexity index is 569. The van der Waals surface area contributed by atoms with E-state index in [-0.39, 0.29) is 0 Å². The third-order valence-electron chi connectivity index (χ3n) is 2.57. The highest BCUT2D eigenvalue weighted by molar-refractivity contribution is 7.80. The minimum atomic E-state index is -0.481. The molecule has 2 aromatic rings. The van der Waals surface area contributed by atoms with E-state index in [4.69, 9.17) is 28.2 Å². The molecule has 0 N–H and O–H groups in total. The molecule has 0 aliphatic carbocycles. The molecule has 1 aromatic heterocycles. The second-order valence-corrected chi connectivity index (χ2v) is 4.81. The third-order valence-corrected chi connectivity index (χ3v) is 3.20. The van der Waals surface area contributed by atoms with Crippen molar-refractivity contribution in [2.24, 2.45) is 0 Å². The molecule has 0 saturated heterocycles. The van der Waals surface area contributed by atoms with Gasteiger partial charge < -0.3 is 4.42 Å². The average Bonchev–Trinajstić information content (AvgIpc) is 2.87. The topological polar surface area (TPSA) is 36.9 Å². The van der Waals surface area contributed by atoms with Gasteiger partial charge in [-0.15, -0.1) is 0 Å². The molecule has 4 heteroatoms. The number of hydrogen-bond donors (Lipinski definition) is 0. The van der Waals surface area contributed by atoms with Crippen molar-refractivity contribution in [3.05, 3.63) is 59.0 Å². The lowest BCUT2D eigenvalue weighted by Gasteiger charge is -2.08. The van der Waals surface area contributed by atoms with Crippen LogP contribution in [0, 0.1) is 11.3 Å². The third kappa shape index (κ3) is 2.98. The summed E-state index contributed by atoms with van der Waals surface area (Å²) in [6, 6.07) is 13.1. The van der Waals surface area contributed by atoms with Crippen LogP contribution in [0.3, 0.4) is 0 Å². The lowest BCUT2D eigenvalue weighted by Crippen LogP contribution is -2.10. The van der Waals surface area contributed by atoms with Crippen LogP contribution in [0.1, 0.15) is 17.2 Å². The van der Waals surface area contributed by atoms with Crippen molar-refractivity contribution in [2.75, 3.05) is 0 Å². The quantitative estimate of drug-likeness (QED) is 0.787. The van der Waals surface area contributed by atoms with Crippen molar-refractivity contribution in [3.63, 3.8) is 0 Å². The maximum atomic E-state index is 9.17. The summed E-state index contributed by atoms with van der Waals surface area (Å²) in [7, 11) is 0. The number of hydrogen-bond acceptors (Lipinski definition) is 3. The Hall–Kier alpha value is -1.63. The highest BCUT2D eigenvalue weighted by Gasteiger charge is 2.19. The van der Waals surface area contributed by atoms with Crippen molar-refractivity contribution in [2.45, 2.75) is 12.3 Å². The van der Waals surface area contributed by atoms with Crippen LogP contribution in [0.25, 0.3) is 0 Å². The van der Waals surface area contributed by atoms with Crippen LogP contribution < -0.4 is 0 Å². The molecule has 1 heterocycles. The molecule has 1 atom stereocenters. The van der Waals surface area contributed by atoms with Crippen LogP contribution >= 0.6 is 23.8 Å². The van der Waals surface area contributed by atoms with Crippen molar-refractivity contribution in [1.82, 2.24) is 0 Å². The van der Waals surface area contributed by atoms with Gasteiger partial charge in [-0.3, -0.25) is 0 Å². The van der Waals surface area contributed by atoms with Crippen LogP contribution in [0.15, 0.2) is 47.1 Å². The minimum absolute atomic E-state index is 0.481. The summed E-state index contributed by atoms with van der Waals surface area (Å²) in [6.45, 7) is 0. The Morgan fingerprint density at radius 3 is 2.61 bits per heavy atom. The molecular weight excluding hydrogens is 266 g/mol. The highest BCUT2D eigenvalue weighted by atomic mass is 35.5. The largest absolute Gasteiger partial charge is 0.468 e. The zero-order valence-corrected chi connectivity index (χ0v) is 11.0. The average molecular weight is 276 g/mol. The number of benzene rings is 1. The molecule has 2 nitrogen and oxygen atoms in total. The molecule has 0 fully saturated rings. The fourth-order valence-electron chi connectivity index (χ4n) is 1.66. The summed E-state index contributed by atoms with van der Waals surface area (Å²) >= 11 is 11.1. The van der Waals surface area contributed by atoms with Gasteiger partial charge in [-0.25, -0.2) is 0 Å².